The molecule has 0 radical (unpaired) electrons. The van der Waals surface area contributed by atoms with E-state index in [1.54, 1.807) is 73.1 Å². The van der Waals surface area contributed by atoms with Crippen LogP contribution in [0.25, 0.3) is 5.69 Å². The zero-order chi connectivity index (χ0) is 24.6. The van der Waals surface area contributed by atoms with Crippen molar-refractivity contribution in [2.75, 3.05) is 11.1 Å². The third-order valence-corrected chi connectivity index (χ3v) is 6.00. The van der Waals surface area contributed by atoms with E-state index in [2.05, 4.69) is 21.7 Å². The number of carbonyl (C=O) groups excluding carboxylic acids is 2. The van der Waals surface area contributed by atoms with E-state index in [1.807, 2.05) is 4.57 Å². The van der Waals surface area contributed by atoms with E-state index in [-0.39, 0.29) is 23.4 Å². The van der Waals surface area contributed by atoms with Crippen LogP contribution < -0.4 is 10.6 Å². The van der Waals surface area contributed by atoms with Gasteiger partial charge in [-0.05, 0) is 54.1 Å². The molecule has 0 aliphatic carbocycles. The summed E-state index contributed by atoms with van der Waals surface area (Å²) < 4.78 is 14.8. The zero-order valence-corrected chi connectivity index (χ0v) is 19.3. The number of amides is 2. The van der Waals surface area contributed by atoms with Crippen molar-refractivity contribution in [2.45, 2.75) is 11.7 Å². The molecule has 9 heteroatoms. The number of para-hydroxylation sites is 1. The molecule has 4 aromatic rings. The van der Waals surface area contributed by atoms with Gasteiger partial charge in [0.15, 0.2) is 5.16 Å². The molecular weight excluding hydrogens is 465 g/mol. The van der Waals surface area contributed by atoms with Crippen LogP contribution in [0.5, 0.6) is 0 Å². The Morgan fingerprint density at radius 2 is 1.77 bits per heavy atom. The number of carbonyl (C=O) groups is 2. The molecule has 0 aliphatic heterocycles. The summed E-state index contributed by atoms with van der Waals surface area (Å²) in [6, 6.07) is 21.8. The molecule has 174 valence electrons. The molecule has 0 fully saturated rings. The summed E-state index contributed by atoms with van der Waals surface area (Å²) in [5, 5.41) is 15.3. The summed E-state index contributed by atoms with van der Waals surface area (Å²) in [6.45, 7) is 0.296. The van der Waals surface area contributed by atoms with Gasteiger partial charge >= 0.3 is 0 Å². The van der Waals surface area contributed by atoms with Crippen LogP contribution in [-0.2, 0) is 11.3 Å². The molecule has 2 N–H and O–H groups in total. The Morgan fingerprint density at radius 1 is 1.03 bits per heavy atom. The molecule has 0 saturated carbocycles. The number of aromatic nitrogens is 2. The van der Waals surface area contributed by atoms with Crippen LogP contribution in [-0.4, -0.2) is 27.1 Å². The Balaban J connectivity index is 1.35. The summed E-state index contributed by atoms with van der Waals surface area (Å²) in [4.78, 5) is 29.2. The first-order valence-electron chi connectivity index (χ1n) is 10.6. The smallest absolute Gasteiger partial charge is 0.251 e. The Hall–Kier alpha value is -4.42. The number of benzene rings is 3. The number of nitrogens with one attached hydrogen (secondary N) is 2. The first-order chi connectivity index (χ1) is 17.0. The fourth-order valence-electron chi connectivity index (χ4n) is 3.26. The molecule has 1 heterocycles. The largest absolute Gasteiger partial charge is 0.348 e. The van der Waals surface area contributed by atoms with Gasteiger partial charge in [-0.25, -0.2) is 9.37 Å². The number of nitrogens with zero attached hydrogens (tertiary/aromatic N) is 3. The zero-order valence-electron chi connectivity index (χ0n) is 18.4. The lowest BCUT2D eigenvalue weighted by molar-refractivity contribution is -0.113. The van der Waals surface area contributed by atoms with E-state index in [9.17, 15) is 14.0 Å². The summed E-state index contributed by atoms with van der Waals surface area (Å²) >= 11 is 1.26. The predicted octanol–water partition coefficient (Wildman–Crippen LogP) is 4.54. The molecule has 7 nitrogen and oxygen atoms in total. The van der Waals surface area contributed by atoms with E-state index in [4.69, 9.17) is 5.26 Å². The van der Waals surface area contributed by atoms with Crippen LogP contribution in [0.1, 0.15) is 21.5 Å². The average molecular weight is 486 g/mol. The van der Waals surface area contributed by atoms with E-state index in [1.165, 1.54) is 23.9 Å². The number of nitriles is 1. The lowest BCUT2D eigenvalue weighted by Crippen LogP contribution is -2.22. The van der Waals surface area contributed by atoms with Crippen LogP contribution in [0, 0.1) is 17.1 Å². The van der Waals surface area contributed by atoms with Crippen molar-refractivity contribution in [3.8, 4) is 11.8 Å². The van der Waals surface area contributed by atoms with Gasteiger partial charge in [-0.2, -0.15) is 5.26 Å². The van der Waals surface area contributed by atoms with Gasteiger partial charge in [0.2, 0.25) is 5.91 Å². The minimum Gasteiger partial charge on any atom is -0.348 e. The Labute approximate surface area is 205 Å². The summed E-state index contributed by atoms with van der Waals surface area (Å²) in [6.07, 6.45) is 3.41. The number of thioether (sulfide) groups is 1. The highest BCUT2D eigenvalue weighted by Gasteiger charge is 2.12. The number of imidazole rings is 1. The second kappa shape index (κ2) is 11.1. The molecule has 0 spiro atoms. The Bertz CT molecular complexity index is 1380. The predicted molar refractivity (Wildman–Crippen MR) is 132 cm³/mol. The van der Waals surface area contributed by atoms with E-state index >= 15 is 0 Å². The minimum absolute atomic E-state index is 0.112. The second-order valence-corrected chi connectivity index (χ2v) is 8.37. The van der Waals surface area contributed by atoms with Crippen molar-refractivity contribution in [3.05, 3.63) is 108 Å². The van der Waals surface area contributed by atoms with Crippen LogP contribution in [0.4, 0.5) is 10.1 Å². The fourth-order valence-corrected chi connectivity index (χ4v) is 4.03. The van der Waals surface area contributed by atoms with Crippen molar-refractivity contribution in [3.63, 3.8) is 0 Å². The van der Waals surface area contributed by atoms with Crippen LogP contribution in [0.2, 0.25) is 0 Å². The van der Waals surface area contributed by atoms with Gasteiger partial charge in [-0.3, -0.25) is 14.2 Å². The van der Waals surface area contributed by atoms with Crippen molar-refractivity contribution < 1.29 is 14.0 Å². The van der Waals surface area contributed by atoms with Crippen molar-refractivity contribution in [1.82, 2.24) is 14.9 Å². The maximum absolute atomic E-state index is 13.0. The first-order valence-corrected chi connectivity index (χ1v) is 11.6. The number of hydrogen-bond donors (Lipinski definition) is 2. The minimum atomic E-state index is -0.322. The molecule has 35 heavy (non-hydrogen) atoms. The van der Waals surface area contributed by atoms with Crippen LogP contribution in [0.3, 0.4) is 0 Å². The van der Waals surface area contributed by atoms with Gasteiger partial charge in [0.25, 0.3) is 5.91 Å². The SMILES string of the molecule is N#Cc1ccccc1NC(=O)CSc1nccn1-c1ccc(C(=O)NCc2ccc(F)cc2)cc1. The van der Waals surface area contributed by atoms with Gasteiger partial charge in [0.05, 0.1) is 17.0 Å². The fraction of sp³-hybridized carbons (Fsp3) is 0.0769. The highest BCUT2D eigenvalue weighted by molar-refractivity contribution is 7.99. The summed E-state index contributed by atoms with van der Waals surface area (Å²) in [7, 11) is 0. The molecule has 0 saturated heterocycles. The molecule has 3 aromatic carbocycles. The quantitative estimate of drug-likeness (QED) is 0.357. The van der Waals surface area contributed by atoms with E-state index in [0.29, 0.717) is 28.5 Å². The Kier molecular flexibility index (Phi) is 7.55. The number of hydrogen-bond acceptors (Lipinski definition) is 5. The summed E-state index contributed by atoms with van der Waals surface area (Å²) in [5.41, 5.74) is 2.94. The molecular formula is C26H20FN5O2S. The van der Waals surface area contributed by atoms with Crippen LogP contribution >= 0.6 is 11.8 Å². The van der Waals surface area contributed by atoms with Gasteiger partial charge in [-0.1, -0.05) is 36.0 Å². The van der Waals surface area contributed by atoms with Crippen molar-refractivity contribution >= 4 is 29.3 Å². The first kappa shape index (κ1) is 23.7. The lowest BCUT2D eigenvalue weighted by atomic mass is 10.1. The third-order valence-electron chi connectivity index (χ3n) is 5.03. The lowest BCUT2D eigenvalue weighted by Gasteiger charge is -2.10. The molecule has 0 aliphatic rings. The van der Waals surface area contributed by atoms with Gasteiger partial charge in [0.1, 0.15) is 11.9 Å². The monoisotopic (exact) mass is 485 g/mol. The third kappa shape index (κ3) is 6.13. The van der Waals surface area contributed by atoms with E-state index in [0.717, 1.165) is 11.3 Å². The molecule has 2 amide bonds. The molecule has 1 aromatic heterocycles. The summed E-state index contributed by atoms with van der Waals surface area (Å²) in [5.74, 6) is -0.700. The maximum Gasteiger partial charge on any atom is 0.251 e. The highest BCUT2D eigenvalue weighted by atomic mass is 32.2. The number of halogens is 1. The molecule has 0 atom stereocenters. The Morgan fingerprint density at radius 3 is 2.51 bits per heavy atom. The van der Waals surface area contributed by atoms with Gasteiger partial charge in [-0.15, -0.1) is 0 Å². The van der Waals surface area contributed by atoms with Crippen molar-refractivity contribution in [1.29, 1.82) is 5.26 Å². The molecule has 0 bridgehead atoms. The normalized spacial score (nSPS) is 10.4. The topological polar surface area (TPSA) is 99.8 Å². The second-order valence-electron chi connectivity index (χ2n) is 7.43. The van der Waals surface area contributed by atoms with Gasteiger partial charge < -0.3 is 10.6 Å². The van der Waals surface area contributed by atoms with E-state index < -0.39 is 0 Å². The molecule has 4 rings (SSSR count). The number of anilines is 1. The highest BCUT2D eigenvalue weighted by Crippen LogP contribution is 2.22. The molecule has 0 unspecified atom stereocenters. The maximum atomic E-state index is 13.0. The van der Waals surface area contributed by atoms with Gasteiger partial charge in [0, 0.05) is 30.2 Å². The van der Waals surface area contributed by atoms with Crippen molar-refractivity contribution in [2.24, 2.45) is 0 Å². The standard InChI is InChI=1S/C26H20FN5O2S/c27-21-9-5-18(6-10-21)16-30-25(34)19-7-11-22(12-8-19)32-14-13-29-26(32)35-17-24(33)31-23-4-2-1-3-20(23)15-28/h1-14H,16-17H2,(H,30,34)(H,31,33). The number of rotatable bonds is 8. The average Bonchev–Trinajstić information content (AvgIpc) is 3.36. The van der Waals surface area contributed by atoms with Crippen LogP contribution in [0.15, 0.2) is 90.3 Å².